The van der Waals surface area contributed by atoms with Crippen molar-refractivity contribution in [3.63, 3.8) is 0 Å². The van der Waals surface area contributed by atoms with Crippen LogP contribution in [0, 0.1) is 5.92 Å². The number of nitrogens with one attached hydrogen (secondary N) is 1. The Labute approximate surface area is 187 Å². The molecular weight excluding hydrogens is 372 g/mol. The highest BCUT2D eigenvalue weighted by Gasteiger charge is 2.28. The smallest absolute Gasteiger partial charge is 0.230 e. The summed E-state index contributed by atoms with van der Waals surface area (Å²) in [4.78, 5) is 21.2. The second kappa shape index (κ2) is 22.8. The molecule has 1 saturated heterocycles. The van der Waals surface area contributed by atoms with Crippen LogP contribution in [-0.2, 0) is 9.59 Å². The number of carbonyl (C=O) groups excluding carboxylic acids is 2. The summed E-state index contributed by atoms with van der Waals surface area (Å²) in [6, 6.07) is 0. The number of nitrogens with two attached hydrogens (primary N) is 1. The van der Waals surface area contributed by atoms with E-state index in [-0.39, 0.29) is 17.7 Å². The number of unbranched alkanes of at least 4 members (excludes halogenated alkanes) is 17. The summed E-state index contributed by atoms with van der Waals surface area (Å²) in [5.41, 5.74) is 5.49. The predicted octanol–water partition coefficient (Wildman–Crippen LogP) is 7.05. The molecule has 2 amide bonds. The first kappa shape index (κ1) is 29.1. The molecule has 178 valence electrons. The van der Waals surface area contributed by atoms with E-state index in [0.717, 1.165) is 13.0 Å². The summed E-state index contributed by atoms with van der Waals surface area (Å²) in [7, 11) is 0. The Morgan fingerprint density at radius 3 is 1.27 bits per heavy atom. The summed E-state index contributed by atoms with van der Waals surface area (Å²) < 4.78 is 0. The normalized spacial score (nSPS) is 15.8. The van der Waals surface area contributed by atoms with Crippen LogP contribution in [0.1, 0.15) is 142 Å². The van der Waals surface area contributed by atoms with Crippen LogP contribution in [0.4, 0.5) is 0 Å². The van der Waals surface area contributed by atoms with Crippen LogP contribution in [0.3, 0.4) is 0 Å². The second-order valence-corrected chi connectivity index (χ2v) is 9.02. The van der Waals surface area contributed by atoms with E-state index >= 15 is 0 Å². The Morgan fingerprint density at radius 1 is 0.667 bits per heavy atom. The Bertz CT molecular complexity index is 380. The van der Waals surface area contributed by atoms with Crippen LogP contribution in [0.2, 0.25) is 0 Å². The van der Waals surface area contributed by atoms with Crippen LogP contribution < -0.4 is 11.1 Å². The van der Waals surface area contributed by atoms with Gasteiger partial charge in [-0.2, -0.15) is 0 Å². The van der Waals surface area contributed by atoms with Crippen LogP contribution in [0.5, 0.6) is 0 Å². The van der Waals surface area contributed by atoms with Gasteiger partial charge in [0.2, 0.25) is 11.8 Å². The van der Waals surface area contributed by atoms with Crippen molar-refractivity contribution in [3.05, 3.63) is 0 Å². The van der Waals surface area contributed by atoms with Gasteiger partial charge in [-0.15, -0.1) is 0 Å². The average molecular weight is 425 g/mol. The van der Waals surface area contributed by atoms with Gasteiger partial charge in [-0.25, -0.2) is 0 Å². The van der Waals surface area contributed by atoms with Crippen molar-refractivity contribution in [3.8, 4) is 0 Å². The molecule has 0 aromatic heterocycles. The minimum atomic E-state index is -0.133. The van der Waals surface area contributed by atoms with Crippen LogP contribution in [0.15, 0.2) is 0 Å². The standard InChI is InChI=1S/C20H43N.C6H9NO2/c1-2-3-4-5-6-7-8-9-10-11-12-13-14-15-16-17-18-19-20-21;1-2-4-3-5(8)7-6(4)9/h2-21H2,1H3;4H,2-3H2,1H3,(H,7,8,9). The SMILES string of the molecule is CCC1CC(=O)NC1=O.CCCCCCCCCCCCCCCCCCCCN. The third-order valence-corrected chi connectivity index (χ3v) is 6.12. The van der Waals surface area contributed by atoms with Gasteiger partial charge in [0.1, 0.15) is 0 Å². The lowest BCUT2D eigenvalue weighted by Crippen LogP contribution is -2.21. The predicted molar refractivity (Wildman–Crippen MR) is 129 cm³/mol. The van der Waals surface area contributed by atoms with Crippen LogP contribution in [-0.4, -0.2) is 18.4 Å². The topological polar surface area (TPSA) is 72.2 Å². The molecule has 1 rings (SSSR count). The zero-order valence-electron chi connectivity index (χ0n) is 20.3. The lowest BCUT2D eigenvalue weighted by atomic mass is 10.0. The molecule has 30 heavy (non-hydrogen) atoms. The van der Waals surface area contributed by atoms with Crippen molar-refractivity contribution in [2.24, 2.45) is 11.7 Å². The monoisotopic (exact) mass is 424 g/mol. The highest BCUT2D eigenvalue weighted by atomic mass is 16.2. The maximum Gasteiger partial charge on any atom is 0.230 e. The summed E-state index contributed by atoms with van der Waals surface area (Å²) in [6.45, 7) is 5.07. The molecule has 0 spiro atoms. The fourth-order valence-corrected chi connectivity index (χ4v) is 3.98. The molecule has 1 atom stereocenters. The van der Waals surface area contributed by atoms with E-state index in [1.807, 2.05) is 6.92 Å². The number of imide groups is 1. The first-order valence-corrected chi connectivity index (χ1v) is 13.2. The van der Waals surface area contributed by atoms with Gasteiger partial charge in [-0.1, -0.05) is 123 Å². The lowest BCUT2D eigenvalue weighted by molar-refractivity contribution is -0.125. The number of rotatable bonds is 19. The zero-order valence-corrected chi connectivity index (χ0v) is 20.3. The van der Waals surface area contributed by atoms with E-state index in [0.29, 0.717) is 6.42 Å². The van der Waals surface area contributed by atoms with Gasteiger partial charge in [-0.05, 0) is 19.4 Å². The molecule has 0 aliphatic carbocycles. The van der Waals surface area contributed by atoms with Crippen LogP contribution in [0.25, 0.3) is 0 Å². The van der Waals surface area contributed by atoms with Crippen LogP contribution >= 0.6 is 0 Å². The minimum absolute atomic E-state index is 0.0579. The van der Waals surface area contributed by atoms with Gasteiger partial charge < -0.3 is 5.73 Å². The molecule has 0 saturated carbocycles. The van der Waals surface area contributed by atoms with Gasteiger partial charge in [0.15, 0.2) is 0 Å². The zero-order chi connectivity index (χ0) is 22.3. The van der Waals surface area contributed by atoms with Crippen molar-refractivity contribution in [2.75, 3.05) is 6.54 Å². The summed E-state index contributed by atoms with van der Waals surface area (Å²) in [5, 5.41) is 2.24. The number of hydrogen-bond acceptors (Lipinski definition) is 3. The quantitative estimate of drug-likeness (QED) is 0.172. The van der Waals surface area contributed by atoms with Crippen molar-refractivity contribution in [1.29, 1.82) is 0 Å². The summed E-state index contributed by atoms with van der Waals surface area (Å²) >= 11 is 0. The number of carbonyl (C=O) groups is 2. The van der Waals surface area contributed by atoms with Crippen molar-refractivity contribution in [2.45, 2.75) is 142 Å². The molecule has 1 aliphatic heterocycles. The Balaban J connectivity index is 0.000000769. The molecule has 4 nitrogen and oxygen atoms in total. The van der Waals surface area contributed by atoms with Crippen molar-refractivity contribution in [1.82, 2.24) is 5.32 Å². The minimum Gasteiger partial charge on any atom is -0.330 e. The molecule has 0 radical (unpaired) electrons. The Hall–Kier alpha value is -0.900. The molecular formula is C26H52N2O2. The highest BCUT2D eigenvalue weighted by Crippen LogP contribution is 2.14. The van der Waals surface area contributed by atoms with Crippen molar-refractivity contribution >= 4 is 11.8 Å². The third kappa shape index (κ3) is 19.1. The maximum absolute atomic E-state index is 10.7. The van der Waals surface area contributed by atoms with E-state index in [4.69, 9.17) is 5.73 Å². The molecule has 0 bridgehead atoms. The van der Waals surface area contributed by atoms with E-state index in [1.54, 1.807) is 0 Å². The fourth-order valence-electron chi connectivity index (χ4n) is 3.98. The maximum atomic E-state index is 10.7. The number of hydrogen-bond donors (Lipinski definition) is 2. The largest absolute Gasteiger partial charge is 0.330 e. The van der Waals surface area contributed by atoms with E-state index in [9.17, 15) is 9.59 Å². The van der Waals surface area contributed by atoms with Gasteiger partial charge in [0.25, 0.3) is 0 Å². The third-order valence-electron chi connectivity index (χ3n) is 6.12. The van der Waals surface area contributed by atoms with Gasteiger partial charge in [-0.3, -0.25) is 14.9 Å². The molecule has 1 aliphatic rings. The van der Waals surface area contributed by atoms with Gasteiger partial charge in [0, 0.05) is 12.3 Å². The average Bonchev–Trinajstić information content (AvgIpc) is 3.08. The lowest BCUT2D eigenvalue weighted by Gasteiger charge is -2.03. The summed E-state index contributed by atoms with van der Waals surface area (Å²) in [6.07, 6.45) is 27.0. The molecule has 0 aromatic rings. The molecule has 0 aromatic carbocycles. The first-order valence-electron chi connectivity index (χ1n) is 13.2. The van der Waals surface area contributed by atoms with Gasteiger partial charge in [0.05, 0.1) is 0 Å². The Kier molecular flexibility index (Phi) is 22.1. The second-order valence-electron chi connectivity index (χ2n) is 9.02. The van der Waals surface area contributed by atoms with E-state index in [2.05, 4.69) is 12.2 Å². The van der Waals surface area contributed by atoms with Crippen molar-refractivity contribution < 1.29 is 9.59 Å². The molecule has 1 heterocycles. The van der Waals surface area contributed by atoms with E-state index < -0.39 is 0 Å². The van der Waals surface area contributed by atoms with Gasteiger partial charge >= 0.3 is 0 Å². The molecule has 3 N–H and O–H groups in total. The Morgan fingerprint density at radius 2 is 1.03 bits per heavy atom. The highest BCUT2D eigenvalue weighted by molar-refractivity contribution is 6.03. The summed E-state index contributed by atoms with van der Waals surface area (Å²) in [5.74, 6) is -0.299. The molecule has 4 heteroatoms. The molecule has 1 unspecified atom stereocenters. The number of amides is 2. The molecule has 1 fully saturated rings. The first-order chi connectivity index (χ1) is 14.7. The van der Waals surface area contributed by atoms with E-state index in [1.165, 1.54) is 116 Å². The fraction of sp³-hybridized carbons (Fsp3) is 0.923.